The Morgan fingerprint density at radius 2 is 0.630 bits per heavy atom. The maximum absolute atomic E-state index is 5.12. The fraction of sp³-hybridized carbons (Fsp3) is 0. The van der Waals surface area contributed by atoms with Gasteiger partial charge in [-0.1, -0.05) is 170 Å². The Kier molecular flexibility index (Phi) is 7.81. The highest BCUT2D eigenvalue weighted by molar-refractivity contribution is 5.99. The van der Waals surface area contributed by atoms with E-state index < -0.39 is 0 Å². The summed E-state index contributed by atoms with van der Waals surface area (Å²) >= 11 is 0. The minimum atomic E-state index is 0.635. The van der Waals surface area contributed by atoms with E-state index in [2.05, 4.69) is 194 Å². The van der Waals surface area contributed by atoms with E-state index in [9.17, 15) is 0 Å². The predicted molar refractivity (Wildman–Crippen MR) is 225 cm³/mol. The van der Waals surface area contributed by atoms with Gasteiger partial charge in [-0.25, -0.2) is 15.0 Å². The third-order valence-electron chi connectivity index (χ3n) is 10.3. The van der Waals surface area contributed by atoms with Gasteiger partial charge in [0.05, 0.1) is 0 Å². The van der Waals surface area contributed by atoms with E-state index in [0.717, 1.165) is 44.3 Å². The molecule has 0 aliphatic heterocycles. The van der Waals surface area contributed by atoms with Crippen LogP contribution in [0, 0.1) is 0 Å². The van der Waals surface area contributed by atoms with E-state index in [4.69, 9.17) is 15.0 Å². The molecule has 10 rings (SSSR count). The smallest absolute Gasteiger partial charge is 0.164 e. The van der Waals surface area contributed by atoms with Gasteiger partial charge in [0.2, 0.25) is 0 Å². The van der Waals surface area contributed by atoms with Crippen LogP contribution in [0.4, 0.5) is 0 Å². The summed E-state index contributed by atoms with van der Waals surface area (Å²) in [5, 5.41) is 7.25. The Balaban J connectivity index is 1.05. The molecule has 0 aliphatic carbocycles. The van der Waals surface area contributed by atoms with Crippen molar-refractivity contribution >= 4 is 32.3 Å². The second kappa shape index (κ2) is 13.4. The highest BCUT2D eigenvalue weighted by Gasteiger charge is 2.15. The molecule has 9 aromatic carbocycles. The Labute approximate surface area is 313 Å². The van der Waals surface area contributed by atoms with Gasteiger partial charge in [-0.05, 0) is 96.0 Å². The zero-order valence-corrected chi connectivity index (χ0v) is 29.4. The molecule has 1 heterocycles. The molecule has 0 spiro atoms. The SMILES string of the molecule is c1ccc(-c2cccc(-c3nc(-c4cccc(-c5ccc6cc(-c7cccc8ccccc78)ccc6c5)c4)nc(-c4ccc5ccccc5c4)n3)c2)cc1. The second-order valence-corrected chi connectivity index (χ2v) is 13.7. The molecule has 3 heteroatoms. The van der Waals surface area contributed by atoms with Crippen LogP contribution in [0.2, 0.25) is 0 Å². The fourth-order valence-electron chi connectivity index (χ4n) is 7.47. The minimum Gasteiger partial charge on any atom is -0.208 e. The van der Waals surface area contributed by atoms with Crippen LogP contribution in [0.1, 0.15) is 0 Å². The Morgan fingerprint density at radius 1 is 0.222 bits per heavy atom. The molecule has 0 amide bonds. The number of rotatable bonds is 6. The number of benzene rings is 9. The van der Waals surface area contributed by atoms with E-state index >= 15 is 0 Å². The molecular weight excluding hydrogens is 655 g/mol. The van der Waals surface area contributed by atoms with Crippen LogP contribution in [0.15, 0.2) is 200 Å². The van der Waals surface area contributed by atoms with Crippen molar-refractivity contribution in [3.05, 3.63) is 200 Å². The Morgan fingerprint density at radius 3 is 1.35 bits per heavy atom. The van der Waals surface area contributed by atoms with Crippen molar-refractivity contribution in [1.29, 1.82) is 0 Å². The molecule has 0 N–H and O–H groups in total. The first kappa shape index (κ1) is 31.5. The summed E-state index contributed by atoms with van der Waals surface area (Å²) in [5.41, 5.74) is 9.80. The van der Waals surface area contributed by atoms with Crippen LogP contribution < -0.4 is 0 Å². The maximum Gasteiger partial charge on any atom is 0.164 e. The zero-order chi connectivity index (χ0) is 35.8. The standard InChI is InChI=1S/C51H33N3/c1-2-11-34(12-3-1)38-17-8-19-44(31-38)49-52-50(54-51(53-49)46-28-23-35-13-4-5-15-37(35)32-46)45-20-9-18-39(33-45)40-24-25-42-30-43(27-26-41(42)29-40)48-22-10-16-36-14-6-7-21-47(36)48/h1-33H. The van der Waals surface area contributed by atoms with Crippen LogP contribution in [-0.2, 0) is 0 Å². The van der Waals surface area contributed by atoms with Crippen LogP contribution in [0.5, 0.6) is 0 Å². The molecule has 54 heavy (non-hydrogen) atoms. The van der Waals surface area contributed by atoms with Gasteiger partial charge >= 0.3 is 0 Å². The molecule has 0 fully saturated rings. The quantitative estimate of drug-likeness (QED) is 0.175. The van der Waals surface area contributed by atoms with Crippen molar-refractivity contribution < 1.29 is 0 Å². The first-order valence-electron chi connectivity index (χ1n) is 18.3. The van der Waals surface area contributed by atoms with Crippen LogP contribution >= 0.6 is 0 Å². The highest BCUT2D eigenvalue weighted by Crippen LogP contribution is 2.34. The predicted octanol–water partition coefficient (Wildman–Crippen LogP) is 13.3. The third-order valence-corrected chi connectivity index (χ3v) is 10.3. The molecule has 0 saturated heterocycles. The summed E-state index contributed by atoms with van der Waals surface area (Å²) in [6, 6.07) is 70.7. The zero-order valence-electron chi connectivity index (χ0n) is 29.4. The molecular formula is C51H33N3. The number of fused-ring (bicyclic) bond motifs is 3. The summed E-state index contributed by atoms with van der Waals surface area (Å²) < 4.78 is 0. The van der Waals surface area contributed by atoms with E-state index in [1.807, 2.05) is 6.07 Å². The van der Waals surface area contributed by atoms with Crippen molar-refractivity contribution in [2.75, 3.05) is 0 Å². The van der Waals surface area contributed by atoms with Crippen LogP contribution in [0.25, 0.3) is 99.9 Å². The number of hydrogen-bond acceptors (Lipinski definition) is 3. The fourth-order valence-corrected chi connectivity index (χ4v) is 7.47. The molecule has 1 aromatic heterocycles. The monoisotopic (exact) mass is 687 g/mol. The lowest BCUT2D eigenvalue weighted by Gasteiger charge is -2.12. The highest BCUT2D eigenvalue weighted by atomic mass is 15.0. The summed E-state index contributed by atoms with van der Waals surface area (Å²) in [5.74, 6) is 1.92. The lowest BCUT2D eigenvalue weighted by Crippen LogP contribution is -2.00. The molecule has 252 valence electrons. The molecule has 0 bridgehead atoms. The Hall–Kier alpha value is -7.23. The summed E-state index contributed by atoms with van der Waals surface area (Å²) in [7, 11) is 0. The van der Waals surface area contributed by atoms with E-state index in [-0.39, 0.29) is 0 Å². The van der Waals surface area contributed by atoms with E-state index in [0.29, 0.717) is 17.5 Å². The first-order chi connectivity index (χ1) is 26.7. The molecule has 10 aromatic rings. The van der Waals surface area contributed by atoms with Crippen molar-refractivity contribution in [3.63, 3.8) is 0 Å². The van der Waals surface area contributed by atoms with Crippen molar-refractivity contribution in [3.8, 4) is 67.5 Å². The average molecular weight is 688 g/mol. The van der Waals surface area contributed by atoms with Crippen LogP contribution in [-0.4, -0.2) is 15.0 Å². The van der Waals surface area contributed by atoms with Gasteiger partial charge in [0.25, 0.3) is 0 Å². The summed E-state index contributed by atoms with van der Waals surface area (Å²) in [6.45, 7) is 0. The molecule has 0 radical (unpaired) electrons. The molecule has 0 unspecified atom stereocenters. The van der Waals surface area contributed by atoms with E-state index in [1.54, 1.807) is 0 Å². The minimum absolute atomic E-state index is 0.635. The van der Waals surface area contributed by atoms with Gasteiger partial charge in [0.15, 0.2) is 17.5 Å². The first-order valence-corrected chi connectivity index (χ1v) is 18.3. The lowest BCUT2D eigenvalue weighted by atomic mass is 9.94. The van der Waals surface area contributed by atoms with Gasteiger partial charge < -0.3 is 0 Å². The molecule has 0 atom stereocenters. The molecule has 3 nitrogen and oxygen atoms in total. The number of hydrogen-bond donors (Lipinski definition) is 0. The van der Waals surface area contributed by atoms with Crippen molar-refractivity contribution in [1.82, 2.24) is 15.0 Å². The second-order valence-electron chi connectivity index (χ2n) is 13.7. The van der Waals surface area contributed by atoms with Gasteiger partial charge in [0.1, 0.15) is 0 Å². The third kappa shape index (κ3) is 5.98. The Bertz CT molecular complexity index is 3000. The van der Waals surface area contributed by atoms with Gasteiger partial charge in [-0.2, -0.15) is 0 Å². The van der Waals surface area contributed by atoms with Gasteiger partial charge in [-0.3, -0.25) is 0 Å². The lowest BCUT2D eigenvalue weighted by molar-refractivity contribution is 1.07. The van der Waals surface area contributed by atoms with Gasteiger partial charge in [0, 0.05) is 16.7 Å². The maximum atomic E-state index is 5.12. The topological polar surface area (TPSA) is 38.7 Å². The van der Waals surface area contributed by atoms with Crippen LogP contribution in [0.3, 0.4) is 0 Å². The normalized spacial score (nSPS) is 11.3. The van der Waals surface area contributed by atoms with E-state index in [1.165, 1.54) is 38.1 Å². The summed E-state index contributed by atoms with van der Waals surface area (Å²) in [6.07, 6.45) is 0. The molecule has 0 saturated carbocycles. The average Bonchev–Trinajstić information content (AvgIpc) is 3.26. The van der Waals surface area contributed by atoms with Crippen molar-refractivity contribution in [2.24, 2.45) is 0 Å². The molecule has 0 aliphatic rings. The van der Waals surface area contributed by atoms with Gasteiger partial charge in [-0.15, -0.1) is 0 Å². The number of nitrogens with zero attached hydrogens (tertiary/aromatic N) is 3. The summed E-state index contributed by atoms with van der Waals surface area (Å²) in [4.78, 5) is 15.3. The van der Waals surface area contributed by atoms with Crippen molar-refractivity contribution in [2.45, 2.75) is 0 Å². The number of aromatic nitrogens is 3. The largest absolute Gasteiger partial charge is 0.208 e.